The first kappa shape index (κ1) is 24.7. The summed E-state index contributed by atoms with van der Waals surface area (Å²) in [6, 6.07) is 37.3. The molecule has 35 heavy (non-hydrogen) atoms. The summed E-state index contributed by atoms with van der Waals surface area (Å²) in [5, 5.41) is 2.36. The maximum absolute atomic E-state index is 6.24. The van der Waals surface area contributed by atoms with Gasteiger partial charge in [-0.05, 0) is 40.8 Å². The first-order chi connectivity index (χ1) is 16.7. The van der Waals surface area contributed by atoms with E-state index in [9.17, 15) is 0 Å². The summed E-state index contributed by atoms with van der Waals surface area (Å²) >= 11 is 0. The van der Waals surface area contributed by atoms with Gasteiger partial charge in [0.15, 0.2) is 5.69 Å². The van der Waals surface area contributed by atoms with Crippen LogP contribution in [0.2, 0.25) is 0 Å². The Hall–Kier alpha value is -3.38. The van der Waals surface area contributed by atoms with E-state index in [0.717, 1.165) is 33.9 Å². The third-order valence-electron chi connectivity index (χ3n) is 6.22. The number of hydrogen-bond donors (Lipinski definition) is 0. The Labute approximate surface area is 224 Å². The highest BCUT2D eigenvalue weighted by atomic mass is 127. The number of fused-ring (bicyclic) bond motifs is 1. The molecule has 1 heterocycles. The molecule has 0 unspecified atom stereocenters. The number of nitrogens with zero attached hydrogens (tertiary/aromatic N) is 1. The van der Waals surface area contributed by atoms with E-state index in [4.69, 9.17) is 9.47 Å². The molecule has 5 aromatic rings. The van der Waals surface area contributed by atoms with Crippen LogP contribution in [-0.4, -0.2) is 0 Å². The van der Waals surface area contributed by atoms with Gasteiger partial charge >= 0.3 is 0 Å². The first-order valence-electron chi connectivity index (χ1n) is 11.6. The minimum Gasteiger partial charge on any atom is -1.00 e. The number of pyridine rings is 1. The van der Waals surface area contributed by atoms with Crippen molar-refractivity contribution >= 4 is 10.8 Å². The van der Waals surface area contributed by atoms with E-state index in [1.807, 2.05) is 54.6 Å². The quantitative estimate of drug-likeness (QED) is 0.219. The Morgan fingerprint density at radius 2 is 1.26 bits per heavy atom. The van der Waals surface area contributed by atoms with E-state index in [-0.39, 0.29) is 24.0 Å². The molecular formula is C31H28INO2. The second kappa shape index (κ2) is 11.4. The van der Waals surface area contributed by atoms with Crippen molar-refractivity contribution in [1.82, 2.24) is 0 Å². The molecule has 5 rings (SSSR count). The number of rotatable bonds is 7. The molecule has 0 atom stereocenters. The molecule has 0 N–H and O–H groups in total. The van der Waals surface area contributed by atoms with Crippen LogP contribution in [-0.2, 0) is 20.3 Å². The van der Waals surface area contributed by atoms with Crippen LogP contribution in [0.5, 0.6) is 11.5 Å². The normalized spacial score (nSPS) is 10.6. The van der Waals surface area contributed by atoms with Crippen LogP contribution in [0.15, 0.2) is 109 Å². The Bertz CT molecular complexity index is 1420. The molecule has 3 nitrogen and oxygen atoms in total. The zero-order chi connectivity index (χ0) is 23.3. The first-order valence-corrected chi connectivity index (χ1v) is 11.6. The molecule has 176 valence electrons. The zero-order valence-electron chi connectivity index (χ0n) is 19.9. The summed E-state index contributed by atoms with van der Waals surface area (Å²) < 4.78 is 14.5. The lowest BCUT2D eigenvalue weighted by Crippen LogP contribution is -3.00. The Morgan fingerprint density at radius 1 is 0.657 bits per heavy atom. The van der Waals surface area contributed by atoms with Crippen molar-refractivity contribution in [2.75, 3.05) is 0 Å². The summed E-state index contributed by atoms with van der Waals surface area (Å²) in [4.78, 5) is 0. The number of benzene rings is 4. The lowest BCUT2D eigenvalue weighted by molar-refractivity contribution is -0.665. The standard InChI is InChI=1S/C31H28NO2.HI/c1-23-29-20-27(33-21-24-11-5-3-6-12-24)18-17-26(29)19-30(32(23)2)28-15-9-10-16-31(28)34-22-25-13-7-4-8-14-25;/h3-20H,21-22H2,1-2H3;1H/q+1;/p-1. The fourth-order valence-corrected chi connectivity index (χ4v) is 4.21. The highest BCUT2D eigenvalue weighted by Gasteiger charge is 2.20. The predicted octanol–water partition coefficient (Wildman–Crippen LogP) is 3.80. The zero-order valence-corrected chi connectivity index (χ0v) is 22.1. The topological polar surface area (TPSA) is 22.3 Å². The van der Waals surface area contributed by atoms with E-state index >= 15 is 0 Å². The van der Waals surface area contributed by atoms with Gasteiger partial charge in [0.25, 0.3) is 0 Å². The molecule has 0 fully saturated rings. The number of para-hydroxylation sites is 1. The van der Waals surface area contributed by atoms with Gasteiger partial charge in [0.05, 0.1) is 10.9 Å². The van der Waals surface area contributed by atoms with E-state index in [2.05, 4.69) is 73.1 Å². The second-order valence-electron chi connectivity index (χ2n) is 8.47. The molecule has 0 aliphatic heterocycles. The van der Waals surface area contributed by atoms with Crippen molar-refractivity contribution in [2.45, 2.75) is 20.1 Å². The van der Waals surface area contributed by atoms with Crippen molar-refractivity contribution in [2.24, 2.45) is 7.05 Å². The number of aryl methyl sites for hydroxylation is 1. The largest absolute Gasteiger partial charge is 1.00 e. The smallest absolute Gasteiger partial charge is 0.216 e. The maximum atomic E-state index is 6.24. The number of ether oxygens (including phenoxy) is 2. The van der Waals surface area contributed by atoms with Gasteiger partial charge in [-0.15, -0.1) is 0 Å². The summed E-state index contributed by atoms with van der Waals surface area (Å²) in [6.45, 7) is 3.25. The number of hydrogen-bond acceptors (Lipinski definition) is 2. The van der Waals surface area contributed by atoms with Crippen LogP contribution in [0.1, 0.15) is 16.8 Å². The van der Waals surface area contributed by atoms with E-state index < -0.39 is 0 Å². The van der Waals surface area contributed by atoms with Gasteiger partial charge < -0.3 is 33.5 Å². The van der Waals surface area contributed by atoms with Crippen LogP contribution in [0.4, 0.5) is 0 Å². The maximum Gasteiger partial charge on any atom is 0.216 e. The van der Waals surface area contributed by atoms with Crippen molar-refractivity contribution in [3.05, 3.63) is 126 Å². The van der Waals surface area contributed by atoms with Crippen LogP contribution >= 0.6 is 0 Å². The van der Waals surface area contributed by atoms with Crippen LogP contribution in [0.25, 0.3) is 22.0 Å². The number of halogens is 1. The summed E-state index contributed by atoms with van der Waals surface area (Å²) in [6.07, 6.45) is 0. The lowest BCUT2D eigenvalue weighted by Gasteiger charge is -2.13. The van der Waals surface area contributed by atoms with Crippen LogP contribution < -0.4 is 38.0 Å². The fourth-order valence-electron chi connectivity index (χ4n) is 4.21. The van der Waals surface area contributed by atoms with Crippen LogP contribution in [0, 0.1) is 6.92 Å². The highest BCUT2D eigenvalue weighted by molar-refractivity contribution is 5.88. The van der Waals surface area contributed by atoms with Gasteiger partial charge in [0.2, 0.25) is 5.69 Å². The second-order valence-corrected chi connectivity index (χ2v) is 8.47. The third kappa shape index (κ3) is 5.65. The Balaban J connectivity index is 0.00000289. The highest BCUT2D eigenvalue weighted by Crippen LogP contribution is 2.32. The molecule has 0 spiro atoms. The molecule has 4 heteroatoms. The number of aromatic nitrogens is 1. The minimum absolute atomic E-state index is 0. The molecule has 0 saturated carbocycles. The molecule has 4 aromatic carbocycles. The van der Waals surface area contributed by atoms with Gasteiger partial charge in [0, 0.05) is 13.0 Å². The van der Waals surface area contributed by atoms with Crippen molar-refractivity contribution < 1.29 is 38.0 Å². The predicted molar refractivity (Wildman–Crippen MR) is 137 cm³/mol. The van der Waals surface area contributed by atoms with Crippen molar-refractivity contribution in [3.63, 3.8) is 0 Å². The van der Waals surface area contributed by atoms with Gasteiger partial charge in [-0.1, -0.05) is 78.9 Å². The third-order valence-corrected chi connectivity index (χ3v) is 6.22. The lowest BCUT2D eigenvalue weighted by atomic mass is 10.0. The van der Waals surface area contributed by atoms with Gasteiger partial charge in [-0.25, -0.2) is 0 Å². The summed E-state index contributed by atoms with van der Waals surface area (Å²) in [5.41, 5.74) is 5.68. The van der Waals surface area contributed by atoms with E-state index in [1.54, 1.807) is 0 Å². The molecule has 0 radical (unpaired) electrons. The minimum atomic E-state index is 0. The molecule has 1 aromatic heterocycles. The fraction of sp³-hybridized carbons (Fsp3) is 0.129. The van der Waals surface area contributed by atoms with Crippen molar-refractivity contribution in [3.8, 4) is 22.8 Å². The van der Waals surface area contributed by atoms with E-state index in [0.29, 0.717) is 13.2 Å². The van der Waals surface area contributed by atoms with Gasteiger partial charge in [-0.3, -0.25) is 0 Å². The molecule has 0 saturated heterocycles. The van der Waals surface area contributed by atoms with Crippen LogP contribution in [0.3, 0.4) is 0 Å². The monoisotopic (exact) mass is 573 g/mol. The molecule has 0 aliphatic carbocycles. The average Bonchev–Trinajstić information content (AvgIpc) is 2.90. The Kier molecular flexibility index (Phi) is 8.03. The average molecular weight is 573 g/mol. The summed E-state index contributed by atoms with van der Waals surface area (Å²) in [5.74, 6) is 1.75. The van der Waals surface area contributed by atoms with Crippen molar-refractivity contribution in [1.29, 1.82) is 0 Å². The van der Waals surface area contributed by atoms with Gasteiger partial charge in [0.1, 0.15) is 31.8 Å². The summed E-state index contributed by atoms with van der Waals surface area (Å²) in [7, 11) is 2.11. The molecule has 0 amide bonds. The molecular weight excluding hydrogens is 545 g/mol. The molecule has 0 aliphatic rings. The van der Waals surface area contributed by atoms with E-state index in [1.165, 1.54) is 16.5 Å². The molecule has 0 bridgehead atoms. The SMILES string of the molecule is Cc1c2cc(OCc3ccccc3)ccc2cc(-c2ccccc2OCc2ccccc2)[n+]1C.[I-]. The van der Waals surface area contributed by atoms with Gasteiger partial charge in [-0.2, -0.15) is 4.57 Å². The Morgan fingerprint density at radius 3 is 1.94 bits per heavy atom.